The van der Waals surface area contributed by atoms with Gasteiger partial charge in [0.25, 0.3) is 0 Å². The fourth-order valence-corrected chi connectivity index (χ4v) is 4.87. The van der Waals surface area contributed by atoms with Crippen molar-refractivity contribution in [2.45, 2.75) is 50.5 Å². The van der Waals surface area contributed by atoms with Crippen LogP contribution in [0, 0.1) is 0 Å². The average molecular weight is 541 g/mol. The quantitative estimate of drug-likeness (QED) is 0.222. The monoisotopic (exact) mass is 540 g/mol. The first-order valence-corrected chi connectivity index (χ1v) is 13.6. The Hall–Kier alpha value is -3.36. The molecule has 0 spiro atoms. The molecule has 0 bridgehead atoms. The molecule has 0 aromatic heterocycles. The molecule has 208 valence electrons. The van der Waals surface area contributed by atoms with Gasteiger partial charge in [0.05, 0.1) is 39.6 Å². The van der Waals surface area contributed by atoms with Gasteiger partial charge in [0.15, 0.2) is 6.29 Å². The first-order chi connectivity index (χ1) is 19.7. The van der Waals surface area contributed by atoms with Crippen LogP contribution in [0.4, 0.5) is 0 Å². The lowest BCUT2D eigenvalue weighted by molar-refractivity contribution is -0.209. The molecule has 4 aromatic carbocycles. The van der Waals surface area contributed by atoms with Crippen LogP contribution in [0.15, 0.2) is 121 Å². The van der Waals surface area contributed by atoms with E-state index in [9.17, 15) is 5.11 Å². The molecule has 0 amide bonds. The molecular weight excluding hydrogens is 504 g/mol. The van der Waals surface area contributed by atoms with E-state index >= 15 is 0 Å². The van der Waals surface area contributed by atoms with Gasteiger partial charge in [-0.3, -0.25) is 0 Å². The van der Waals surface area contributed by atoms with Crippen LogP contribution in [0.5, 0.6) is 0 Å². The maximum absolute atomic E-state index is 11.2. The highest BCUT2D eigenvalue weighted by Crippen LogP contribution is 2.37. The molecule has 0 radical (unpaired) electrons. The fraction of sp³-hybridized carbons (Fsp3) is 0.294. The first kappa shape index (κ1) is 28.2. The SMILES string of the molecule is OC1OC(COCc2ccccc2)(COCc2ccccc2)[C@@H](OCc2ccccc2)[C@H]1OCc1ccccc1. The van der Waals surface area contributed by atoms with E-state index in [0.717, 1.165) is 22.3 Å². The minimum absolute atomic E-state index is 0.151. The van der Waals surface area contributed by atoms with Gasteiger partial charge in [-0.2, -0.15) is 0 Å². The topological polar surface area (TPSA) is 66.4 Å². The van der Waals surface area contributed by atoms with Crippen molar-refractivity contribution >= 4 is 0 Å². The van der Waals surface area contributed by atoms with Crippen molar-refractivity contribution < 1.29 is 28.8 Å². The Kier molecular flexibility index (Phi) is 10.1. The van der Waals surface area contributed by atoms with E-state index in [0.29, 0.717) is 26.4 Å². The van der Waals surface area contributed by atoms with E-state index in [2.05, 4.69) is 0 Å². The van der Waals surface area contributed by atoms with Crippen molar-refractivity contribution in [3.05, 3.63) is 144 Å². The Balaban J connectivity index is 1.37. The summed E-state index contributed by atoms with van der Waals surface area (Å²) in [7, 11) is 0. The Morgan fingerprint density at radius 1 is 0.525 bits per heavy atom. The van der Waals surface area contributed by atoms with Crippen molar-refractivity contribution in [2.24, 2.45) is 0 Å². The van der Waals surface area contributed by atoms with E-state index in [-0.39, 0.29) is 13.2 Å². The van der Waals surface area contributed by atoms with Crippen molar-refractivity contribution in [1.82, 2.24) is 0 Å². The van der Waals surface area contributed by atoms with Crippen molar-refractivity contribution in [3.63, 3.8) is 0 Å². The van der Waals surface area contributed by atoms with Crippen molar-refractivity contribution in [2.75, 3.05) is 13.2 Å². The Bertz CT molecular complexity index is 1210. The molecule has 40 heavy (non-hydrogen) atoms. The molecule has 0 saturated carbocycles. The van der Waals surface area contributed by atoms with Gasteiger partial charge in [0, 0.05) is 0 Å². The molecule has 1 saturated heterocycles. The van der Waals surface area contributed by atoms with Gasteiger partial charge < -0.3 is 28.8 Å². The fourth-order valence-electron chi connectivity index (χ4n) is 4.87. The van der Waals surface area contributed by atoms with Crippen LogP contribution in [0.3, 0.4) is 0 Å². The van der Waals surface area contributed by atoms with Crippen LogP contribution in [0.25, 0.3) is 0 Å². The highest BCUT2D eigenvalue weighted by Gasteiger charge is 2.57. The summed E-state index contributed by atoms with van der Waals surface area (Å²) >= 11 is 0. The van der Waals surface area contributed by atoms with E-state index in [1.54, 1.807) is 0 Å². The zero-order valence-electron chi connectivity index (χ0n) is 22.5. The predicted molar refractivity (Wildman–Crippen MR) is 152 cm³/mol. The van der Waals surface area contributed by atoms with Crippen LogP contribution in [0.1, 0.15) is 22.3 Å². The summed E-state index contributed by atoms with van der Waals surface area (Å²) in [6.45, 7) is 1.72. The molecule has 6 nitrogen and oxygen atoms in total. The van der Waals surface area contributed by atoms with Crippen molar-refractivity contribution in [3.8, 4) is 0 Å². The third-order valence-electron chi connectivity index (χ3n) is 6.93. The summed E-state index contributed by atoms with van der Waals surface area (Å²) in [4.78, 5) is 0. The molecule has 3 atom stereocenters. The first-order valence-electron chi connectivity index (χ1n) is 13.6. The second-order valence-electron chi connectivity index (χ2n) is 10.0. The zero-order chi connectivity index (χ0) is 27.5. The molecule has 1 unspecified atom stereocenters. The lowest BCUT2D eigenvalue weighted by Gasteiger charge is -2.34. The third kappa shape index (κ3) is 7.64. The largest absolute Gasteiger partial charge is 0.374 e. The second-order valence-corrected chi connectivity index (χ2v) is 10.0. The van der Waals surface area contributed by atoms with Crippen LogP contribution < -0.4 is 0 Å². The van der Waals surface area contributed by atoms with Gasteiger partial charge in [-0.05, 0) is 22.3 Å². The number of aliphatic hydroxyl groups excluding tert-OH is 1. The summed E-state index contributed by atoms with van der Waals surface area (Å²) in [5.74, 6) is 0. The highest BCUT2D eigenvalue weighted by molar-refractivity contribution is 5.17. The molecule has 1 aliphatic heterocycles. The van der Waals surface area contributed by atoms with Crippen LogP contribution >= 0.6 is 0 Å². The molecule has 5 rings (SSSR count). The molecule has 1 aliphatic rings. The predicted octanol–water partition coefficient (Wildman–Crippen LogP) is 5.68. The molecule has 1 heterocycles. The van der Waals surface area contributed by atoms with Crippen LogP contribution in [0.2, 0.25) is 0 Å². The van der Waals surface area contributed by atoms with Gasteiger partial charge >= 0.3 is 0 Å². The number of hydrogen-bond acceptors (Lipinski definition) is 6. The van der Waals surface area contributed by atoms with E-state index in [4.69, 9.17) is 23.7 Å². The third-order valence-corrected chi connectivity index (χ3v) is 6.93. The Morgan fingerprint density at radius 3 is 1.32 bits per heavy atom. The second kappa shape index (κ2) is 14.3. The normalized spacial score (nSPS) is 20.0. The van der Waals surface area contributed by atoms with Gasteiger partial charge in [-0.25, -0.2) is 0 Å². The summed E-state index contributed by atoms with van der Waals surface area (Å²) in [6, 6.07) is 39.7. The van der Waals surface area contributed by atoms with Gasteiger partial charge in [0.2, 0.25) is 0 Å². The zero-order valence-corrected chi connectivity index (χ0v) is 22.5. The standard InChI is InChI=1S/C34H36O6/c35-33-31(38-23-29-17-9-3-10-18-29)32(39-24-30-19-11-4-12-20-30)34(40-33,25-36-21-27-13-5-1-6-14-27)26-37-22-28-15-7-2-8-16-28/h1-20,31-33,35H,21-26H2/t31-,32+,33?/m1/s1. The molecule has 1 N–H and O–H groups in total. The number of hydrogen-bond donors (Lipinski definition) is 1. The Labute approximate surface area is 236 Å². The van der Waals surface area contributed by atoms with Gasteiger partial charge in [-0.1, -0.05) is 121 Å². The van der Waals surface area contributed by atoms with Gasteiger partial charge in [0.1, 0.15) is 17.8 Å². The Morgan fingerprint density at radius 2 is 0.900 bits per heavy atom. The van der Waals surface area contributed by atoms with E-state index < -0.39 is 24.1 Å². The molecule has 6 heteroatoms. The molecule has 1 fully saturated rings. The van der Waals surface area contributed by atoms with Crippen LogP contribution in [-0.4, -0.2) is 42.4 Å². The highest BCUT2D eigenvalue weighted by atomic mass is 16.7. The maximum atomic E-state index is 11.2. The number of ether oxygens (including phenoxy) is 5. The average Bonchev–Trinajstić information content (AvgIpc) is 3.26. The number of rotatable bonds is 14. The lowest BCUT2D eigenvalue weighted by Crippen LogP contribution is -2.52. The van der Waals surface area contributed by atoms with Gasteiger partial charge in [-0.15, -0.1) is 0 Å². The molecule has 4 aromatic rings. The maximum Gasteiger partial charge on any atom is 0.184 e. The summed E-state index contributed by atoms with van der Waals surface area (Å²) in [5, 5.41) is 11.2. The molecule has 0 aliphatic carbocycles. The van der Waals surface area contributed by atoms with Crippen molar-refractivity contribution in [1.29, 1.82) is 0 Å². The summed E-state index contributed by atoms with van der Waals surface area (Å²) in [6.07, 6.45) is -2.62. The van der Waals surface area contributed by atoms with E-state index in [1.165, 1.54) is 0 Å². The summed E-state index contributed by atoms with van der Waals surface area (Å²) in [5.41, 5.74) is 2.99. The number of benzene rings is 4. The number of aliphatic hydroxyl groups is 1. The minimum atomic E-state index is -1.22. The minimum Gasteiger partial charge on any atom is -0.374 e. The smallest absolute Gasteiger partial charge is 0.184 e. The van der Waals surface area contributed by atoms with E-state index in [1.807, 2.05) is 121 Å². The molecular formula is C34H36O6. The lowest BCUT2D eigenvalue weighted by atomic mass is 9.96. The van der Waals surface area contributed by atoms with Crippen LogP contribution in [-0.2, 0) is 50.1 Å². The summed E-state index contributed by atoms with van der Waals surface area (Å²) < 4.78 is 31.5.